The fourth-order valence-electron chi connectivity index (χ4n) is 13.8. The molecule has 11 aromatic carbocycles. The van der Waals surface area contributed by atoms with Gasteiger partial charge in [-0.1, -0.05) is 175 Å². The molecule has 0 aliphatic rings. The third-order valence-corrected chi connectivity index (χ3v) is 17.4. The Morgan fingerprint density at radius 1 is 0.305 bits per heavy atom. The van der Waals surface area contributed by atoms with Gasteiger partial charge >= 0.3 is 0 Å². The Bertz CT molecular complexity index is 5520. The summed E-state index contributed by atoms with van der Waals surface area (Å²) in [5.74, 6) is 0. The highest BCUT2D eigenvalue weighted by Crippen LogP contribution is 2.56. The van der Waals surface area contributed by atoms with E-state index < -0.39 is 0 Å². The van der Waals surface area contributed by atoms with Crippen molar-refractivity contribution in [2.24, 2.45) is 0 Å². The summed E-state index contributed by atoms with van der Waals surface area (Å²) < 4.78 is 31.0. The highest BCUT2D eigenvalue weighted by molar-refractivity contribution is 6.36. The third-order valence-electron chi connectivity index (χ3n) is 17.4. The fourth-order valence-corrected chi connectivity index (χ4v) is 13.8. The van der Waals surface area contributed by atoms with E-state index in [0.717, 1.165) is 166 Å². The van der Waals surface area contributed by atoms with Gasteiger partial charge < -0.3 is 31.9 Å². The highest BCUT2D eigenvalue weighted by Gasteiger charge is 2.34. The number of hydrogen-bond donors (Lipinski definition) is 0. The van der Waals surface area contributed by atoms with Crippen LogP contribution in [0.2, 0.25) is 0 Å². The molecule has 394 valence electrons. The number of para-hydroxylation sites is 7. The molecule has 0 atom stereocenters. The molecule has 0 aliphatic heterocycles. The fraction of sp³-hybridized carbons (Fsp3) is 0.120. The summed E-state index contributed by atoms with van der Waals surface area (Å²) >= 11 is 0. The zero-order valence-electron chi connectivity index (χ0n) is 46.6. The van der Waals surface area contributed by atoms with Crippen LogP contribution in [0.15, 0.2) is 224 Å². The lowest BCUT2D eigenvalue weighted by Gasteiger charge is -2.28. The Balaban J connectivity index is 1.05. The van der Waals surface area contributed by atoms with Gasteiger partial charge in [0.2, 0.25) is 0 Å². The molecule has 0 saturated carbocycles. The molecule has 6 aromatic heterocycles. The van der Waals surface area contributed by atoms with Crippen molar-refractivity contribution in [2.75, 3.05) is 9.80 Å². The summed E-state index contributed by atoms with van der Waals surface area (Å²) in [7, 11) is 0. The Hall–Kier alpha value is -9.98. The average molecular weight is 1060 g/mol. The van der Waals surface area contributed by atoms with E-state index in [2.05, 4.69) is 269 Å². The molecule has 7 heteroatoms. The predicted octanol–water partition coefficient (Wildman–Crippen LogP) is 22.3. The van der Waals surface area contributed by atoms with E-state index in [1.54, 1.807) is 0 Å². The molecule has 0 saturated heterocycles. The van der Waals surface area contributed by atoms with Gasteiger partial charge in [-0.2, -0.15) is 0 Å². The summed E-state index contributed by atoms with van der Waals surface area (Å²) in [4.78, 5) is 4.89. The Morgan fingerprint density at radius 3 is 1.49 bits per heavy atom. The van der Waals surface area contributed by atoms with Crippen LogP contribution >= 0.6 is 0 Å². The van der Waals surface area contributed by atoms with Crippen LogP contribution in [-0.4, -0.2) is 4.40 Å². The molecule has 0 radical (unpaired) electrons. The molecule has 0 bridgehead atoms. The number of furan rings is 4. The van der Waals surface area contributed by atoms with Crippen molar-refractivity contribution in [3.8, 4) is 0 Å². The van der Waals surface area contributed by atoms with Gasteiger partial charge in [0.1, 0.15) is 38.9 Å². The van der Waals surface area contributed by atoms with Gasteiger partial charge in [0.05, 0.1) is 22.6 Å². The Kier molecular flexibility index (Phi) is 9.47. The summed E-state index contributed by atoms with van der Waals surface area (Å²) in [6.45, 7) is 15.8. The van der Waals surface area contributed by atoms with Crippen LogP contribution in [0.1, 0.15) is 58.2 Å². The lowest BCUT2D eigenvalue weighted by atomic mass is 9.84. The van der Waals surface area contributed by atoms with E-state index in [1.807, 2.05) is 0 Å². The van der Waals surface area contributed by atoms with Gasteiger partial charge in [-0.25, -0.2) is 0 Å². The molecule has 0 spiro atoms. The molecule has 0 unspecified atom stereocenters. The zero-order chi connectivity index (χ0) is 55.1. The maximum atomic E-state index is 7.29. The Labute approximate surface area is 471 Å². The van der Waals surface area contributed by atoms with Gasteiger partial charge in [-0.3, -0.25) is 0 Å². The summed E-state index contributed by atoms with van der Waals surface area (Å²) in [6, 6.07) is 74.2. The second kappa shape index (κ2) is 16.6. The standard InChI is InChI=1S/C75H55N3O4/c1-42-21-11-14-32-56(42)77(57-33-19-27-48-47-26-18-31-55(75(5,6)7)70(47)82-71(48)57)59-41-52-46-25-13-16-35-61(46)81-73(52)69-66(59)50-29-17-28-49-65-58(40-51-45-24-12-15-34-60(45)80-72(51)68(65)78(69)67(49)50)76(43-22-9-8-10-23-43)44-37-38-62-53(39-44)64-54(74(2,3)4)30-20-36-63(64)79-62/h8-41H,1-7H3. The quantitative estimate of drug-likeness (QED) is 0.165. The summed E-state index contributed by atoms with van der Waals surface area (Å²) in [6.07, 6.45) is 0. The third kappa shape index (κ3) is 6.42. The molecular weight excluding hydrogens is 1010 g/mol. The van der Waals surface area contributed by atoms with E-state index in [0.29, 0.717) is 0 Å². The molecular formula is C75H55N3O4. The first-order valence-corrected chi connectivity index (χ1v) is 28.4. The molecule has 0 N–H and O–H groups in total. The van der Waals surface area contributed by atoms with Crippen LogP contribution in [0.4, 0.5) is 34.1 Å². The first-order valence-electron chi connectivity index (χ1n) is 28.4. The first kappa shape index (κ1) is 46.9. The number of nitrogens with zero attached hydrogens (tertiary/aromatic N) is 3. The second-order valence-corrected chi connectivity index (χ2v) is 24.4. The smallest absolute Gasteiger partial charge is 0.160 e. The lowest BCUT2D eigenvalue weighted by molar-refractivity contribution is 0.573. The van der Waals surface area contributed by atoms with Crippen LogP contribution < -0.4 is 9.80 Å². The van der Waals surface area contributed by atoms with Crippen molar-refractivity contribution < 1.29 is 17.7 Å². The van der Waals surface area contributed by atoms with E-state index in [1.165, 1.54) is 11.1 Å². The minimum atomic E-state index is -0.145. The molecule has 0 amide bonds. The molecule has 0 fully saturated rings. The number of fused-ring (bicyclic) bond motifs is 20. The number of aromatic nitrogens is 1. The zero-order valence-corrected chi connectivity index (χ0v) is 46.6. The van der Waals surface area contributed by atoms with Crippen molar-refractivity contribution in [1.82, 2.24) is 4.40 Å². The van der Waals surface area contributed by atoms with Crippen molar-refractivity contribution in [1.29, 1.82) is 0 Å². The van der Waals surface area contributed by atoms with Crippen LogP contribution in [0, 0.1) is 6.92 Å². The molecule has 82 heavy (non-hydrogen) atoms. The van der Waals surface area contributed by atoms with Crippen molar-refractivity contribution >= 4 is 160 Å². The van der Waals surface area contributed by atoms with E-state index in [9.17, 15) is 0 Å². The van der Waals surface area contributed by atoms with Crippen LogP contribution in [0.5, 0.6) is 0 Å². The predicted molar refractivity (Wildman–Crippen MR) is 342 cm³/mol. The van der Waals surface area contributed by atoms with Gasteiger partial charge in [-0.05, 0) is 102 Å². The van der Waals surface area contributed by atoms with E-state index in [-0.39, 0.29) is 10.8 Å². The van der Waals surface area contributed by atoms with Crippen LogP contribution in [0.3, 0.4) is 0 Å². The SMILES string of the molecule is Cc1ccccc1N(c1cccc2c1oc1c(C(C)(C)C)cccc12)c1cc2c3ccccc3oc2c2c1c1cccc3c4c(N(c5ccccc5)c5ccc6oc7cccc(C(C)(C)C)c7c6c5)cc5c6ccccc6oc5c4n2c31. The van der Waals surface area contributed by atoms with Crippen LogP contribution in [-0.2, 0) is 10.8 Å². The average Bonchev–Trinajstić information content (AvgIpc) is 3.14. The number of benzene rings is 11. The minimum Gasteiger partial charge on any atom is -0.456 e. The molecule has 0 aliphatic carbocycles. The second-order valence-electron chi connectivity index (χ2n) is 24.4. The lowest BCUT2D eigenvalue weighted by Crippen LogP contribution is -2.12. The Morgan fingerprint density at radius 2 is 0.817 bits per heavy atom. The van der Waals surface area contributed by atoms with E-state index in [4.69, 9.17) is 17.7 Å². The maximum Gasteiger partial charge on any atom is 0.160 e. The topological polar surface area (TPSA) is 63.5 Å². The van der Waals surface area contributed by atoms with E-state index >= 15 is 0 Å². The van der Waals surface area contributed by atoms with Gasteiger partial charge in [0, 0.05) is 87.3 Å². The summed E-state index contributed by atoms with van der Waals surface area (Å²) in [5.41, 5.74) is 19.1. The van der Waals surface area contributed by atoms with Crippen molar-refractivity contribution in [3.63, 3.8) is 0 Å². The molecule has 17 aromatic rings. The van der Waals surface area contributed by atoms with Crippen molar-refractivity contribution in [3.05, 3.63) is 223 Å². The number of aryl methyl sites for hydroxylation is 1. The number of rotatable bonds is 6. The first-order chi connectivity index (χ1) is 39.9. The molecule has 17 rings (SSSR count). The summed E-state index contributed by atoms with van der Waals surface area (Å²) in [5, 5.41) is 12.8. The molecule has 6 heterocycles. The van der Waals surface area contributed by atoms with Gasteiger partial charge in [0.15, 0.2) is 16.7 Å². The maximum absolute atomic E-state index is 7.29. The number of hydrogen-bond acceptors (Lipinski definition) is 6. The van der Waals surface area contributed by atoms with Gasteiger partial charge in [-0.15, -0.1) is 0 Å². The molecule has 7 nitrogen and oxygen atoms in total. The van der Waals surface area contributed by atoms with Crippen molar-refractivity contribution in [2.45, 2.75) is 59.3 Å². The van der Waals surface area contributed by atoms with Crippen LogP contribution in [0.25, 0.3) is 126 Å². The van der Waals surface area contributed by atoms with Gasteiger partial charge in [0.25, 0.3) is 0 Å². The normalized spacial score (nSPS) is 12.8. The number of anilines is 6. The monoisotopic (exact) mass is 1060 g/mol. The largest absolute Gasteiger partial charge is 0.456 e. The highest BCUT2D eigenvalue weighted by atomic mass is 16.3. The minimum absolute atomic E-state index is 0.118.